The smallest absolute Gasteiger partial charge is 0.262 e. The van der Waals surface area contributed by atoms with Crippen LogP contribution in [0.15, 0.2) is 36.4 Å². The van der Waals surface area contributed by atoms with Gasteiger partial charge in [-0.15, -0.1) is 0 Å². The fourth-order valence-corrected chi connectivity index (χ4v) is 4.20. The fraction of sp³-hybridized carbons (Fsp3) is 0.458. The molecular weight excluding hydrogens is 414 g/mol. The Bertz CT molecular complexity index is 873. The van der Waals surface area contributed by atoms with Crippen molar-refractivity contribution in [1.29, 1.82) is 0 Å². The van der Waals surface area contributed by atoms with Crippen molar-refractivity contribution < 1.29 is 14.3 Å². The number of benzene rings is 2. The number of carbonyl (C=O) groups is 1. The molecule has 1 amide bonds. The second-order valence-electron chi connectivity index (χ2n) is 7.87. The summed E-state index contributed by atoms with van der Waals surface area (Å²) in [6.07, 6.45) is 2.51. The minimum atomic E-state index is -0.259. The number of hydrogen-bond acceptors (Lipinski definition) is 5. The van der Waals surface area contributed by atoms with E-state index in [4.69, 9.17) is 21.1 Å². The number of amides is 1. The number of likely N-dealkylation sites (tertiary alicyclic amines) is 1. The Hall–Kier alpha value is -2.28. The van der Waals surface area contributed by atoms with Crippen LogP contribution < -0.4 is 20.1 Å². The molecule has 1 aliphatic heterocycles. The van der Waals surface area contributed by atoms with Gasteiger partial charge >= 0.3 is 0 Å². The number of anilines is 1. The molecule has 0 aromatic heterocycles. The lowest BCUT2D eigenvalue weighted by Gasteiger charge is -2.23. The third-order valence-electron chi connectivity index (χ3n) is 5.59. The first kappa shape index (κ1) is 23.4. The van der Waals surface area contributed by atoms with Gasteiger partial charge in [0.2, 0.25) is 0 Å². The van der Waals surface area contributed by atoms with E-state index in [0.717, 1.165) is 29.9 Å². The predicted molar refractivity (Wildman–Crippen MR) is 125 cm³/mol. The van der Waals surface area contributed by atoms with Crippen LogP contribution in [0.4, 0.5) is 5.69 Å². The van der Waals surface area contributed by atoms with Gasteiger partial charge in [0.15, 0.2) is 18.1 Å². The zero-order valence-corrected chi connectivity index (χ0v) is 19.3. The van der Waals surface area contributed by atoms with Crippen molar-refractivity contribution >= 4 is 23.2 Å². The predicted octanol–water partition coefficient (Wildman–Crippen LogP) is 4.25. The van der Waals surface area contributed by atoms with Gasteiger partial charge < -0.3 is 20.1 Å². The van der Waals surface area contributed by atoms with Gasteiger partial charge in [-0.05, 0) is 62.7 Å². The molecule has 0 radical (unpaired) electrons. The number of ether oxygens (including phenoxy) is 2. The van der Waals surface area contributed by atoms with Crippen LogP contribution in [0.3, 0.4) is 0 Å². The highest BCUT2D eigenvalue weighted by Crippen LogP contribution is 2.36. The van der Waals surface area contributed by atoms with Gasteiger partial charge in [-0.2, -0.15) is 0 Å². The van der Waals surface area contributed by atoms with E-state index in [-0.39, 0.29) is 12.5 Å². The van der Waals surface area contributed by atoms with Crippen LogP contribution in [0.1, 0.15) is 30.9 Å². The van der Waals surface area contributed by atoms with Crippen molar-refractivity contribution in [3.05, 3.63) is 52.5 Å². The molecule has 31 heavy (non-hydrogen) atoms. The molecule has 3 rings (SSSR count). The third-order valence-corrected chi connectivity index (χ3v) is 5.87. The Balaban J connectivity index is 1.54. The summed E-state index contributed by atoms with van der Waals surface area (Å²) in [4.78, 5) is 14.7. The van der Waals surface area contributed by atoms with Crippen LogP contribution in [0.25, 0.3) is 0 Å². The summed E-state index contributed by atoms with van der Waals surface area (Å²) in [5, 5.41) is 6.76. The zero-order chi connectivity index (χ0) is 22.2. The molecule has 1 saturated heterocycles. The maximum absolute atomic E-state index is 12.2. The van der Waals surface area contributed by atoms with E-state index in [1.54, 1.807) is 7.11 Å². The Morgan fingerprint density at radius 1 is 1.26 bits per heavy atom. The maximum Gasteiger partial charge on any atom is 0.262 e. The van der Waals surface area contributed by atoms with Crippen molar-refractivity contribution in [3.63, 3.8) is 0 Å². The van der Waals surface area contributed by atoms with E-state index in [2.05, 4.69) is 22.5 Å². The van der Waals surface area contributed by atoms with Crippen molar-refractivity contribution in [1.82, 2.24) is 10.2 Å². The van der Waals surface area contributed by atoms with Crippen molar-refractivity contribution in [2.24, 2.45) is 0 Å². The van der Waals surface area contributed by atoms with Gasteiger partial charge in [0.05, 0.1) is 12.1 Å². The summed E-state index contributed by atoms with van der Waals surface area (Å²) in [6.45, 7) is 7.97. The van der Waals surface area contributed by atoms with Gasteiger partial charge in [0, 0.05) is 24.8 Å². The lowest BCUT2D eigenvalue weighted by atomic mass is 10.1. The first-order chi connectivity index (χ1) is 15.0. The standard InChI is InChI=1S/C24H32ClN3O3/c1-4-28-11-5-6-20(28)15-26-14-18-12-21(25)24(22(13-18)30-3)31-16-23(29)27-19-9-7-17(2)8-10-19/h7-10,12-13,20,26H,4-6,11,14-16H2,1-3H3,(H,27,29)/t20-/m0/s1. The first-order valence-corrected chi connectivity index (χ1v) is 11.2. The number of carbonyl (C=O) groups excluding carboxylic acids is 1. The minimum Gasteiger partial charge on any atom is -0.493 e. The number of nitrogens with zero attached hydrogens (tertiary/aromatic N) is 1. The number of nitrogens with one attached hydrogen (secondary N) is 2. The number of methoxy groups -OCH3 is 1. The van der Waals surface area contributed by atoms with E-state index >= 15 is 0 Å². The molecule has 1 fully saturated rings. The molecule has 2 aromatic rings. The molecule has 1 atom stereocenters. The third kappa shape index (κ3) is 6.60. The van der Waals surface area contributed by atoms with Crippen LogP contribution in [0.5, 0.6) is 11.5 Å². The minimum absolute atomic E-state index is 0.157. The van der Waals surface area contributed by atoms with E-state index in [0.29, 0.717) is 29.1 Å². The Morgan fingerprint density at radius 3 is 2.74 bits per heavy atom. The van der Waals surface area contributed by atoms with Gasteiger partial charge in [0.1, 0.15) is 0 Å². The normalized spacial score (nSPS) is 16.3. The lowest BCUT2D eigenvalue weighted by Crippen LogP contribution is -2.37. The quantitative estimate of drug-likeness (QED) is 0.572. The summed E-state index contributed by atoms with van der Waals surface area (Å²) in [7, 11) is 1.57. The highest BCUT2D eigenvalue weighted by molar-refractivity contribution is 6.32. The average Bonchev–Trinajstić information content (AvgIpc) is 3.21. The molecule has 168 valence electrons. The molecule has 0 unspecified atom stereocenters. The molecule has 0 aliphatic carbocycles. The van der Waals surface area contributed by atoms with Crippen LogP contribution in [-0.4, -0.2) is 50.2 Å². The van der Waals surface area contributed by atoms with Crippen LogP contribution >= 0.6 is 11.6 Å². The molecule has 0 bridgehead atoms. The van der Waals surface area contributed by atoms with Crippen LogP contribution in [0.2, 0.25) is 5.02 Å². The lowest BCUT2D eigenvalue weighted by molar-refractivity contribution is -0.118. The molecule has 0 saturated carbocycles. The SMILES string of the molecule is CCN1CCC[C@H]1CNCc1cc(Cl)c(OCC(=O)Nc2ccc(C)cc2)c(OC)c1. The summed E-state index contributed by atoms with van der Waals surface area (Å²) in [6, 6.07) is 11.9. The van der Waals surface area contributed by atoms with Gasteiger partial charge in [-0.1, -0.05) is 36.2 Å². The van der Waals surface area contributed by atoms with Crippen molar-refractivity contribution in [2.45, 2.75) is 39.3 Å². The Labute approximate surface area is 189 Å². The summed E-state index contributed by atoms with van der Waals surface area (Å²) in [5.41, 5.74) is 2.87. The van der Waals surface area contributed by atoms with E-state index in [9.17, 15) is 4.79 Å². The molecule has 2 aromatic carbocycles. The van der Waals surface area contributed by atoms with E-state index in [1.807, 2.05) is 43.3 Å². The topological polar surface area (TPSA) is 62.8 Å². The summed E-state index contributed by atoms with van der Waals surface area (Å²) < 4.78 is 11.2. The molecule has 0 spiro atoms. The van der Waals surface area contributed by atoms with E-state index < -0.39 is 0 Å². The molecule has 1 heterocycles. The average molecular weight is 446 g/mol. The maximum atomic E-state index is 12.2. The molecular formula is C24H32ClN3O3. The van der Waals surface area contributed by atoms with Crippen molar-refractivity contribution in [3.8, 4) is 11.5 Å². The monoisotopic (exact) mass is 445 g/mol. The molecule has 2 N–H and O–H groups in total. The number of aryl methyl sites for hydroxylation is 1. The number of halogens is 1. The first-order valence-electron chi connectivity index (χ1n) is 10.8. The zero-order valence-electron chi connectivity index (χ0n) is 18.5. The summed E-state index contributed by atoms with van der Waals surface area (Å²) in [5.74, 6) is 0.633. The highest BCUT2D eigenvalue weighted by atomic mass is 35.5. The molecule has 1 aliphatic rings. The van der Waals surface area contributed by atoms with Gasteiger partial charge in [-0.3, -0.25) is 9.69 Å². The van der Waals surface area contributed by atoms with Gasteiger partial charge in [0.25, 0.3) is 5.91 Å². The highest BCUT2D eigenvalue weighted by Gasteiger charge is 2.22. The van der Waals surface area contributed by atoms with Gasteiger partial charge in [-0.25, -0.2) is 0 Å². The van der Waals surface area contributed by atoms with Crippen LogP contribution in [0, 0.1) is 6.92 Å². The number of likely N-dealkylation sites (N-methyl/N-ethyl adjacent to an activating group) is 1. The number of hydrogen-bond donors (Lipinski definition) is 2. The summed E-state index contributed by atoms with van der Waals surface area (Å²) >= 11 is 6.45. The number of rotatable bonds is 10. The Morgan fingerprint density at radius 2 is 2.03 bits per heavy atom. The second-order valence-corrected chi connectivity index (χ2v) is 8.27. The van der Waals surface area contributed by atoms with Crippen molar-refractivity contribution in [2.75, 3.05) is 38.7 Å². The molecule has 7 heteroatoms. The Kier molecular flexibility index (Phi) is 8.58. The largest absolute Gasteiger partial charge is 0.493 e. The second kappa shape index (κ2) is 11.4. The van der Waals surface area contributed by atoms with E-state index in [1.165, 1.54) is 19.4 Å². The molecule has 6 nitrogen and oxygen atoms in total. The van der Waals surface area contributed by atoms with Crippen LogP contribution in [-0.2, 0) is 11.3 Å². The fourth-order valence-electron chi connectivity index (χ4n) is 3.91.